The van der Waals surface area contributed by atoms with Gasteiger partial charge in [-0.3, -0.25) is 9.80 Å². The second kappa shape index (κ2) is 6.19. The lowest BCUT2D eigenvalue weighted by Crippen LogP contribution is -2.56. The Balaban J connectivity index is 1.78. The molecule has 0 bridgehead atoms. The van der Waals surface area contributed by atoms with Crippen LogP contribution in [0.25, 0.3) is 0 Å². The molecule has 0 aliphatic carbocycles. The molecule has 0 aromatic rings. The van der Waals surface area contributed by atoms with Crippen LogP contribution >= 0.6 is 0 Å². The molecule has 2 unspecified atom stereocenters. The summed E-state index contributed by atoms with van der Waals surface area (Å²) in [4.78, 5) is 5.48. The quantitative estimate of drug-likeness (QED) is 0.743. The summed E-state index contributed by atoms with van der Waals surface area (Å²) in [6, 6.07) is 1.67. The Kier molecular flexibility index (Phi) is 4.87. The van der Waals surface area contributed by atoms with Crippen molar-refractivity contribution in [2.75, 3.05) is 26.2 Å². The summed E-state index contributed by atoms with van der Waals surface area (Å²) in [5, 5.41) is 0. The molecule has 2 heterocycles. The van der Waals surface area contributed by atoms with E-state index in [1.54, 1.807) is 0 Å². The Hall–Kier alpha value is -0.0800. The van der Waals surface area contributed by atoms with E-state index in [2.05, 4.69) is 30.6 Å². The van der Waals surface area contributed by atoms with Crippen molar-refractivity contribution in [3.8, 4) is 0 Å². The molecule has 0 aromatic heterocycles. The van der Waals surface area contributed by atoms with Crippen molar-refractivity contribution in [1.82, 2.24) is 9.80 Å². The van der Waals surface area contributed by atoms with E-state index >= 15 is 0 Å². The van der Waals surface area contributed by atoms with Crippen molar-refractivity contribution in [2.45, 2.75) is 65.0 Å². The van der Waals surface area contributed by atoms with Crippen LogP contribution in [0, 0.1) is 5.92 Å². The Morgan fingerprint density at radius 2 is 1.82 bits per heavy atom. The summed E-state index contributed by atoms with van der Waals surface area (Å²) in [5.74, 6) is 0.855. The summed E-state index contributed by atoms with van der Waals surface area (Å²) in [6.07, 6.45) is 7.08. The van der Waals surface area contributed by atoms with Crippen molar-refractivity contribution >= 4 is 0 Å². The molecule has 2 aliphatic heterocycles. The van der Waals surface area contributed by atoms with Gasteiger partial charge in [0.25, 0.3) is 0 Å². The fourth-order valence-corrected chi connectivity index (χ4v) is 3.34. The molecular formula is C15H30N2. The molecule has 0 aromatic carbocycles. The van der Waals surface area contributed by atoms with Crippen LogP contribution in [0.4, 0.5) is 0 Å². The van der Waals surface area contributed by atoms with E-state index in [0.29, 0.717) is 0 Å². The summed E-state index contributed by atoms with van der Waals surface area (Å²) >= 11 is 0. The van der Waals surface area contributed by atoms with Gasteiger partial charge < -0.3 is 0 Å². The third-order valence-electron chi connectivity index (χ3n) is 4.65. The molecule has 2 atom stereocenters. The molecule has 0 amide bonds. The number of nitrogens with zero attached hydrogens (tertiary/aromatic N) is 2. The minimum Gasteiger partial charge on any atom is -0.298 e. The summed E-state index contributed by atoms with van der Waals surface area (Å²) < 4.78 is 0. The number of piperazine rings is 1. The predicted molar refractivity (Wildman–Crippen MR) is 74.3 cm³/mol. The number of hydrogen-bond donors (Lipinski definition) is 0. The molecule has 2 fully saturated rings. The number of hydrogen-bond acceptors (Lipinski definition) is 2. The summed E-state index contributed by atoms with van der Waals surface area (Å²) in [7, 11) is 0. The summed E-state index contributed by atoms with van der Waals surface area (Å²) in [6.45, 7) is 12.4. The highest BCUT2D eigenvalue weighted by molar-refractivity contribution is 4.86. The van der Waals surface area contributed by atoms with E-state index in [4.69, 9.17) is 0 Å². The Morgan fingerprint density at radius 3 is 2.59 bits per heavy atom. The minimum atomic E-state index is 0.793. The van der Waals surface area contributed by atoms with E-state index in [0.717, 1.165) is 18.0 Å². The van der Waals surface area contributed by atoms with Gasteiger partial charge in [0.2, 0.25) is 0 Å². The maximum absolute atomic E-state index is 2.74. The zero-order chi connectivity index (χ0) is 12.3. The zero-order valence-electron chi connectivity index (χ0n) is 12.0. The van der Waals surface area contributed by atoms with Crippen LogP contribution < -0.4 is 0 Å². The average molecular weight is 238 g/mol. The first-order valence-corrected chi connectivity index (χ1v) is 7.65. The molecule has 2 saturated heterocycles. The van der Waals surface area contributed by atoms with E-state index in [-0.39, 0.29) is 0 Å². The standard InChI is InChI=1S/C15H30N2/c1-13(2)7-8-14(3)17-11-10-16-9-5-4-6-15(16)12-17/h13-15H,4-12H2,1-3H3. The van der Waals surface area contributed by atoms with Gasteiger partial charge in [0.1, 0.15) is 0 Å². The first kappa shape index (κ1) is 13.4. The van der Waals surface area contributed by atoms with Gasteiger partial charge in [-0.2, -0.15) is 0 Å². The van der Waals surface area contributed by atoms with Crippen LogP contribution in [0.3, 0.4) is 0 Å². The lowest BCUT2D eigenvalue weighted by molar-refractivity contribution is 0.0283. The SMILES string of the molecule is CC(C)CCC(C)N1CCN2CCCCC2C1. The average Bonchev–Trinajstić information content (AvgIpc) is 2.35. The zero-order valence-corrected chi connectivity index (χ0v) is 12.0. The Morgan fingerprint density at radius 1 is 1.00 bits per heavy atom. The second-order valence-corrected chi connectivity index (χ2v) is 6.50. The monoisotopic (exact) mass is 238 g/mol. The molecule has 17 heavy (non-hydrogen) atoms. The Labute approximate surface area is 107 Å². The largest absolute Gasteiger partial charge is 0.298 e. The van der Waals surface area contributed by atoms with Gasteiger partial charge in [-0.05, 0) is 45.1 Å². The van der Waals surface area contributed by atoms with E-state index in [1.165, 1.54) is 58.3 Å². The lowest BCUT2D eigenvalue weighted by Gasteiger charge is -2.46. The van der Waals surface area contributed by atoms with Crippen molar-refractivity contribution in [3.05, 3.63) is 0 Å². The van der Waals surface area contributed by atoms with E-state index in [1.807, 2.05) is 0 Å². The van der Waals surface area contributed by atoms with Crippen LogP contribution in [-0.2, 0) is 0 Å². The van der Waals surface area contributed by atoms with Crippen LogP contribution in [0.2, 0.25) is 0 Å². The number of fused-ring (bicyclic) bond motifs is 1. The van der Waals surface area contributed by atoms with Crippen LogP contribution in [0.5, 0.6) is 0 Å². The molecule has 0 N–H and O–H groups in total. The maximum atomic E-state index is 2.74. The van der Waals surface area contributed by atoms with Gasteiger partial charge in [-0.25, -0.2) is 0 Å². The maximum Gasteiger partial charge on any atom is 0.0223 e. The second-order valence-electron chi connectivity index (χ2n) is 6.50. The first-order chi connectivity index (χ1) is 8.16. The summed E-state index contributed by atoms with van der Waals surface area (Å²) in [5.41, 5.74) is 0. The highest BCUT2D eigenvalue weighted by Gasteiger charge is 2.30. The highest BCUT2D eigenvalue weighted by Crippen LogP contribution is 2.23. The van der Waals surface area contributed by atoms with Gasteiger partial charge in [-0.15, -0.1) is 0 Å². The van der Waals surface area contributed by atoms with E-state index in [9.17, 15) is 0 Å². The van der Waals surface area contributed by atoms with Gasteiger partial charge >= 0.3 is 0 Å². The molecule has 0 spiro atoms. The minimum absolute atomic E-state index is 0.793. The number of piperidine rings is 1. The molecule has 2 heteroatoms. The van der Waals surface area contributed by atoms with Crippen molar-refractivity contribution in [3.63, 3.8) is 0 Å². The van der Waals surface area contributed by atoms with Gasteiger partial charge in [-0.1, -0.05) is 20.3 Å². The number of rotatable bonds is 4. The topological polar surface area (TPSA) is 6.48 Å². The smallest absolute Gasteiger partial charge is 0.0223 e. The predicted octanol–water partition coefficient (Wildman–Crippen LogP) is 2.98. The third-order valence-corrected chi connectivity index (χ3v) is 4.65. The fourth-order valence-electron chi connectivity index (χ4n) is 3.34. The van der Waals surface area contributed by atoms with Crippen LogP contribution in [0.1, 0.15) is 52.9 Å². The molecule has 2 aliphatic rings. The van der Waals surface area contributed by atoms with Crippen molar-refractivity contribution in [2.24, 2.45) is 5.92 Å². The molecular weight excluding hydrogens is 208 g/mol. The van der Waals surface area contributed by atoms with E-state index < -0.39 is 0 Å². The highest BCUT2D eigenvalue weighted by atomic mass is 15.3. The van der Waals surface area contributed by atoms with Crippen LogP contribution in [0.15, 0.2) is 0 Å². The third kappa shape index (κ3) is 3.69. The van der Waals surface area contributed by atoms with Crippen LogP contribution in [-0.4, -0.2) is 48.1 Å². The fraction of sp³-hybridized carbons (Fsp3) is 1.00. The van der Waals surface area contributed by atoms with Gasteiger partial charge in [0.15, 0.2) is 0 Å². The van der Waals surface area contributed by atoms with Crippen molar-refractivity contribution < 1.29 is 0 Å². The molecule has 0 saturated carbocycles. The van der Waals surface area contributed by atoms with Gasteiger partial charge in [0.05, 0.1) is 0 Å². The molecule has 2 rings (SSSR count). The molecule has 2 nitrogen and oxygen atoms in total. The van der Waals surface area contributed by atoms with Crippen molar-refractivity contribution in [1.29, 1.82) is 0 Å². The normalized spacial score (nSPS) is 29.3. The van der Waals surface area contributed by atoms with Gasteiger partial charge in [0, 0.05) is 31.7 Å². The Bertz CT molecular complexity index is 227. The first-order valence-electron chi connectivity index (χ1n) is 7.65. The molecule has 0 radical (unpaired) electrons. The lowest BCUT2D eigenvalue weighted by atomic mass is 9.97. The molecule has 100 valence electrons.